The Morgan fingerprint density at radius 2 is 1.84 bits per heavy atom. The van der Waals surface area contributed by atoms with Crippen molar-refractivity contribution in [2.24, 2.45) is 4.99 Å². The van der Waals surface area contributed by atoms with Crippen LogP contribution in [0.25, 0.3) is 0 Å². The molecule has 1 fully saturated rings. The van der Waals surface area contributed by atoms with E-state index < -0.39 is 10.0 Å². The third-order valence-electron chi connectivity index (χ3n) is 3.41. The molecule has 1 saturated carbocycles. The van der Waals surface area contributed by atoms with Crippen LogP contribution in [0.5, 0.6) is 0 Å². The molecule has 1 aromatic carbocycles. The highest BCUT2D eigenvalue weighted by Crippen LogP contribution is 2.24. The van der Waals surface area contributed by atoms with Crippen molar-refractivity contribution in [3.63, 3.8) is 0 Å². The van der Waals surface area contributed by atoms with Crippen LogP contribution in [0.3, 0.4) is 0 Å². The van der Waals surface area contributed by atoms with Crippen molar-refractivity contribution in [2.75, 3.05) is 17.6 Å². The first-order valence-corrected chi connectivity index (χ1v) is 8.42. The molecule has 0 saturated heterocycles. The lowest BCUT2D eigenvalue weighted by Crippen LogP contribution is -2.24. The van der Waals surface area contributed by atoms with E-state index in [1.807, 2.05) is 18.2 Å². The van der Waals surface area contributed by atoms with Gasteiger partial charge >= 0.3 is 0 Å². The Bertz CT molecular complexity index is 571. The Labute approximate surface area is 115 Å². The monoisotopic (exact) mass is 280 g/mol. The van der Waals surface area contributed by atoms with E-state index in [2.05, 4.69) is 4.99 Å². The van der Waals surface area contributed by atoms with E-state index in [1.165, 1.54) is 35.5 Å². The number of benzene rings is 1. The Hall–Kier alpha value is -1.36. The minimum absolute atomic E-state index is 0.653. The third kappa shape index (κ3) is 3.80. The molecule has 0 amide bonds. The van der Waals surface area contributed by atoms with E-state index in [-0.39, 0.29) is 0 Å². The van der Waals surface area contributed by atoms with Crippen LogP contribution in [0.2, 0.25) is 0 Å². The van der Waals surface area contributed by atoms with Gasteiger partial charge in [0.05, 0.1) is 17.6 Å². The van der Waals surface area contributed by atoms with E-state index in [0.29, 0.717) is 5.69 Å². The largest absolute Gasteiger partial charge is 0.273 e. The van der Waals surface area contributed by atoms with E-state index in [0.717, 1.165) is 18.5 Å². The van der Waals surface area contributed by atoms with Crippen LogP contribution >= 0.6 is 0 Å². The summed E-state index contributed by atoms with van der Waals surface area (Å²) >= 11 is 0. The van der Waals surface area contributed by atoms with Crippen LogP contribution in [-0.2, 0) is 10.0 Å². The molecule has 1 aliphatic carbocycles. The molecule has 19 heavy (non-hydrogen) atoms. The average molecular weight is 280 g/mol. The molecule has 0 spiro atoms. The topological polar surface area (TPSA) is 49.7 Å². The van der Waals surface area contributed by atoms with Crippen molar-refractivity contribution in [1.29, 1.82) is 0 Å². The predicted octanol–water partition coefficient (Wildman–Crippen LogP) is 3.12. The molecular weight excluding hydrogens is 260 g/mol. The quantitative estimate of drug-likeness (QED) is 0.854. The van der Waals surface area contributed by atoms with Gasteiger partial charge in [-0.15, -0.1) is 0 Å². The fraction of sp³-hybridized carbons (Fsp3) is 0.500. The highest BCUT2D eigenvalue weighted by atomic mass is 32.2. The van der Waals surface area contributed by atoms with Crippen LogP contribution in [-0.4, -0.2) is 27.4 Å². The standard InChI is InChI=1S/C14H20N2O2S/c1-16(19(2,17)18)14-10-6-9-13(11-14)15-12-7-4-3-5-8-12/h6,9-11H,3-5,7-8H2,1-2H3. The van der Waals surface area contributed by atoms with Crippen molar-refractivity contribution >= 4 is 27.1 Å². The van der Waals surface area contributed by atoms with E-state index in [4.69, 9.17) is 0 Å². The Balaban J connectivity index is 2.24. The lowest BCUT2D eigenvalue weighted by atomic mass is 9.98. The molecule has 0 unspecified atom stereocenters. The second-order valence-electron chi connectivity index (χ2n) is 4.99. The summed E-state index contributed by atoms with van der Waals surface area (Å²) < 4.78 is 24.3. The van der Waals surface area contributed by atoms with Gasteiger partial charge in [0, 0.05) is 12.8 Å². The number of hydrogen-bond acceptors (Lipinski definition) is 3. The van der Waals surface area contributed by atoms with Gasteiger partial charge in [0.2, 0.25) is 10.0 Å². The van der Waals surface area contributed by atoms with Crippen LogP contribution < -0.4 is 4.31 Å². The Kier molecular flexibility index (Phi) is 4.24. The van der Waals surface area contributed by atoms with Crippen LogP contribution in [0.4, 0.5) is 11.4 Å². The number of nitrogens with zero attached hydrogens (tertiary/aromatic N) is 2. The van der Waals surface area contributed by atoms with Gasteiger partial charge in [0.15, 0.2) is 0 Å². The molecule has 1 aromatic rings. The Morgan fingerprint density at radius 3 is 2.47 bits per heavy atom. The number of sulfonamides is 1. The van der Waals surface area contributed by atoms with Crippen molar-refractivity contribution < 1.29 is 8.42 Å². The predicted molar refractivity (Wildman–Crippen MR) is 79.9 cm³/mol. The molecule has 1 aliphatic rings. The first kappa shape index (κ1) is 14.1. The van der Waals surface area contributed by atoms with Gasteiger partial charge in [-0.2, -0.15) is 0 Å². The second kappa shape index (κ2) is 5.74. The molecular formula is C14H20N2O2S. The van der Waals surface area contributed by atoms with Crippen molar-refractivity contribution in [1.82, 2.24) is 0 Å². The maximum atomic E-state index is 11.5. The molecule has 0 bridgehead atoms. The number of anilines is 1. The fourth-order valence-electron chi connectivity index (χ4n) is 2.20. The maximum absolute atomic E-state index is 11.5. The molecule has 0 N–H and O–H groups in total. The van der Waals surface area contributed by atoms with Crippen molar-refractivity contribution in [3.05, 3.63) is 24.3 Å². The minimum Gasteiger partial charge on any atom is -0.273 e. The second-order valence-corrected chi connectivity index (χ2v) is 7.00. The van der Waals surface area contributed by atoms with Crippen LogP contribution in [0.15, 0.2) is 29.3 Å². The van der Waals surface area contributed by atoms with E-state index in [9.17, 15) is 8.42 Å². The summed E-state index contributed by atoms with van der Waals surface area (Å²) in [6.45, 7) is 0. The summed E-state index contributed by atoms with van der Waals surface area (Å²) in [6.07, 6.45) is 7.03. The molecule has 2 rings (SSSR count). The lowest BCUT2D eigenvalue weighted by molar-refractivity contribution is 0.600. The molecule has 0 aromatic heterocycles. The number of rotatable bonds is 3. The van der Waals surface area contributed by atoms with Gasteiger partial charge in [-0.05, 0) is 43.9 Å². The van der Waals surface area contributed by atoms with E-state index in [1.54, 1.807) is 13.1 Å². The average Bonchev–Trinajstić information content (AvgIpc) is 2.38. The molecule has 4 nitrogen and oxygen atoms in total. The summed E-state index contributed by atoms with van der Waals surface area (Å²) in [6, 6.07) is 7.37. The number of aliphatic imine (C=N–C) groups is 1. The van der Waals surface area contributed by atoms with Gasteiger partial charge in [0.25, 0.3) is 0 Å². The van der Waals surface area contributed by atoms with Gasteiger partial charge in [-0.3, -0.25) is 9.30 Å². The SMILES string of the molecule is CN(c1cccc(N=C2CCCCC2)c1)S(C)(=O)=O. The van der Waals surface area contributed by atoms with Crippen LogP contribution in [0, 0.1) is 0 Å². The van der Waals surface area contributed by atoms with E-state index >= 15 is 0 Å². The first-order chi connectivity index (χ1) is 8.97. The highest BCUT2D eigenvalue weighted by Gasteiger charge is 2.12. The zero-order chi connectivity index (χ0) is 13.9. The molecule has 0 atom stereocenters. The summed E-state index contributed by atoms with van der Waals surface area (Å²) in [4.78, 5) is 4.64. The summed E-state index contributed by atoms with van der Waals surface area (Å²) in [5.41, 5.74) is 2.72. The first-order valence-electron chi connectivity index (χ1n) is 6.57. The van der Waals surface area contributed by atoms with Gasteiger partial charge in [-0.25, -0.2) is 8.42 Å². The zero-order valence-electron chi connectivity index (χ0n) is 11.5. The zero-order valence-corrected chi connectivity index (χ0v) is 12.3. The lowest BCUT2D eigenvalue weighted by Gasteiger charge is -2.17. The van der Waals surface area contributed by atoms with Crippen molar-refractivity contribution in [3.8, 4) is 0 Å². The van der Waals surface area contributed by atoms with Gasteiger partial charge in [0.1, 0.15) is 0 Å². The third-order valence-corrected chi connectivity index (χ3v) is 4.61. The summed E-state index contributed by atoms with van der Waals surface area (Å²) in [7, 11) is -1.66. The van der Waals surface area contributed by atoms with Gasteiger partial charge < -0.3 is 0 Å². The van der Waals surface area contributed by atoms with Crippen molar-refractivity contribution in [2.45, 2.75) is 32.1 Å². The molecule has 0 heterocycles. The maximum Gasteiger partial charge on any atom is 0.231 e. The smallest absolute Gasteiger partial charge is 0.231 e. The normalized spacial score (nSPS) is 16.2. The fourth-order valence-corrected chi connectivity index (χ4v) is 2.70. The molecule has 5 heteroatoms. The van der Waals surface area contributed by atoms with Gasteiger partial charge in [-0.1, -0.05) is 12.5 Å². The minimum atomic E-state index is -3.22. The Morgan fingerprint density at radius 1 is 1.16 bits per heavy atom. The summed E-state index contributed by atoms with van der Waals surface area (Å²) in [5.74, 6) is 0. The summed E-state index contributed by atoms with van der Waals surface area (Å²) in [5, 5.41) is 0. The molecule has 0 radical (unpaired) electrons. The number of hydrogen-bond donors (Lipinski definition) is 0. The van der Waals surface area contributed by atoms with Crippen LogP contribution in [0.1, 0.15) is 32.1 Å². The highest BCUT2D eigenvalue weighted by molar-refractivity contribution is 7.92. The molecule has 0 aliphatic heterocycles. The molecule has 104 valence electrons.